The molecule has 1 aromatic carbocycles. The van der Waals surface area contributed by atoms with Crippen LogP contribution in [-0.2, 0) is 24.9 Å². The highest BCUT2D eigenvalue weighted by Crippen LogP contribution is 2.30. The standard InChI is InChI=1S/C22H28N8O2/c1-5-21(24-23-16(3)19-11-12-29(25-19)13-17-9-10-17)32-14-18-15(2)7-6-8-20(18)30-22(31)28(4)26-27-30/h6-8,11-12,17H,5,9-10,13-14H2,1-4H3/b23-16-,24-21-. The number of rotatable bonds is 8. The summed E-state index contributed by atoms with van der Waals surface area (Å²) in [5, 5.41) is 21.0. The van der Waals surface area contributed by atoms with E-state index in [0.29, 0.717) is 18.0 Å². The van der Waals surface area contributed by atoms with Crippen LogP contribution < -0.4 is 5.69 Å². The Balaban J connectivity index is 1.49. The van der Waals surface area contributed by atoms with E-state index in [-0.39, 0.29) is 12.3 Å². The molecule has 1 fully saturated rings. The maximum absolute atomic E-state index is 12.3. The van der Waals surface area contributed by atoms with Gasteiger partial charge in [-0.05, 0) is 60.7 Å². The molecule has 0 spiro atoms. The third-order valence-corrected chi connectivity index (χ3v) is 5.49. The van der Waals surface area contributed by atoms with Crippen molar-refractivity contribution in [2.45, 2.75) is 53.2 Å². The lowest BCUT2D eigenvalue weighted by atomic mass is 10.1. The molecule has 0 aliphatic heterocycles. The summed E-state index contributed by atoms with van der Waals surface area (Å²) in [5.41, 5.74) is 3.69. The van der Waals surface area contributed by atoms with Crippen molar-refractivity contribution in [1.29, 1.82) is 0 Å². The largest absolute Gasteiger partial charge is 0.475 e. The zero-order valence-corrected chi connectivity index (χ0v) is 18.9. The van der Waals surface area contributed by atoms with E-state index in [4.69, 9.17) is 4.74 Å². The molecule has 0 unspecified atom stereocenters. The summed E-state index contributed by atoms with van der Waals surface area (Å²) in [7, 11) is 1.56. The lowest BCUT2D eigenvalue weighted by Gasteiger charge is -2.13. The average Bonchev–Trinajstić information content (AvgIpc) is 3.37. The fourth-order valence-corrected chi connectivity index (χ4v) is 3.30. The van der Waals surface area contributed by atoms with Crippen molar-refractivity contribution in [1.82, 2.24) is 29.6 Å². The smallest absolute Gasteiger partial charge is 0.368 e. The SMILES string of the molecule is CC/C(=N/N=C(/C)c1ccn(CC2CC2)n1)OCc1c(C)cccc1-n1nnn(C)c1=O. The maximum atomic E-state index is 12.3. The molecule has 0 atom stereocenters. The fourth-order valence-electron chi connectivity index (χ4n) is 3.30. The molecule has 168 valence electrons. The Kier molecular flexibility index (Phi) is 6.29. The first-order valence-electron chi connectivity index (χ1n) is 10.8. The van der Waals surface area contributed by atoms with E-state index >= 15 is 0 Å². The lowest BCUT2D eigenvalue weighted by molar-refractivity contribution is 0.282. The second-order valence-electron chi connectivity index (χ2n) is 8.06. The van der Waals surface area contributed by atoms with Gasteiger partial charge >= 0.3 is 5.69 Å². The predicted octanol–water partition coefficient (Wildman–Crippen LogP) is 2.63. The quantitative estimate of drug-likeness (QED) is 0.307. The first-order valence-corrected chi connectivity index (χ1v) is 10.8. The summed E-state index contributed by atoms with van der Waals surface area (Å²) < 4.78 is 10.4. The number of hydrogen-bond acceptors (Lipinski definition) is 7. The molecule has 1 aliphatic rings. The topological polar surface area (TPSA) is 104 Å². The molecule has 0 amide bonds. The van der Waals surface area contributed by atoms with E-state index in [1.54, 1.807) is 7.05 Å². The summed E-state index contributed by atoms with van der Waals surface area (Å²) in [5.74, 6) is 1.27. The van der Waals surface area contributed by atoms with Crippen LogP contribution in [-0.4, -0.2) is 41.2 Å². The lowest BCUT2D eigenvalue weighted by Crippen LogP contribution is -2.23. The molecule has 0 bridgehead atoms. The van der Waals surface area contributed by atoms with E-state index in [0.717, 1.165) is 35.0 Å². The number of ether oxygens (including phenoxy) is 1. The van der Waals surface area contributed by atoms with Gasteiger partial charge in [-0.2, -0.15) is 19.6 Å². The summed E-state index contributed by atoms with van der Waals surface area (Å²) in [6, 6.07) is 7.62. The summed E-state index contributed by atoms with van der Waals surface area (Å²) in [6.45, 7) is 7.02. The van der Waals surface area contributed by atoms with Crippen LogP contribution in [0.25, 0.3) is 5.69 Å². The predicted molar refractivity (Wildman–Crippen MR) is 121 cm³/mol. The van der Waals surface area contributed by atoms with Crippen molar-refractivity contribution in [2.24, 2.45) is 23.2 Å². The first-order chi connectivity index (χ1) is 15.5. The third-order valence-electron chi connectivity index (χ3n) is 5.49. The maximum Gasteiger partial charge on any atom is 0.368 e. The minimum Gasteiger partial charge on any atom is -0.475 e. The van der Waals surface area contributed by atoms with Gasteiger partial charge in [-0.25, -0.2) is 4.79 Å². The van der Waals surface area contributed by atoms with Crippen molar-refractivity contribution in [3.8, 4) is 5.69 Å². The van der Waals surface area contributed by atoms with Crippen LogP contribution in [0.15, 0.2) is 45.5 Å². The number of nitrogens with zero attached hydrogens (tertiary/aromatic N) is 8. The Morgan fingerprint density at radius 2 is 2.03 bits per heavy atom. The molecule has 3 aromatic rings. The Labute approximate surface area is 186 Å². The van der Waals surface area contributed by atoms with E-state index in [1.165, 1.54) is 22.2 Å². The third kappa shape index (κ3) is 4.84. The molecule has 0 saturated heterocycles. The Morgan fingerprint density at radius 1 is 1.22 bits per heavy atom. The molecule has 32 heavy (non-hydrogen) atoms. The van der Waals surface area contributed by atoms with E-state index in [1.807, 2.05) is 55.9 Å². The van der Waals surface area contributed by atoms with E-state index in [2.05, 4.69) is 25.7 Å². The first kappa shape index (κ1) is 21.7. The summed E-state index contributed by atoms with van der Waals surface area (Å²) >= 11 is 0. The minimum absolute atomic E-state index is 0.238. The molecule has 1 aliphatic carbocycles. The van der Waals surface area contributed by atoms with Gasteiger partial charge in [0.2, 0.25) is 5.90 Å². The van der Waals surface area contributed by atoms with E-state index < -0.39 is 0 Å². The highest BCUT2D eigenvalue weighted by atomic mass is 16.5. The molecule has 10 nitrogen and oxygen atoms in total. The van der Waals surface area contributed by atoms with Crippen LogP contribution in [0.4, 0.5) is 0 Å². The van der Waals surface area contributed by atoms with E-state index in [9.17, 15) is 4.79 Å². The van der Waals surface area contributed by atoms with Gasteiger partial charge in [-0.15, -0.1) is 5.10 Å². The highest BCUT2D eigenvalue weighted by molar-refractivity contribution is 5.97. The van der Waals surface area contributed by atoms with Gasteiger partial charge in [-0.3, -0.25) is 4.68 Å². The Hall–Kier alpha value is -3.56. The van der Waals surface area contributed by atoms with Gasteiger partial charge in [0.25, 0.3) is 0 Å². The van der Waals surface area contributed by atoms with Gasteiger partial charge in [0, 0.05) is 31.8 Å². The van der Waals surface area contributed by atoms with Crippen LogP contribution in [0, 0.1) is 12.8 Å². The molecule has 10 heteroatoms. The molecule has 2 heterocycles. The number of hydrogen-bond donors (Lipinski definition) is 0. The van der Waals surface area contributed by atoms with Crippen LogP contribution in [0.5, 0.6) is 0 Å². The van der Waals surface area contributed by atoms with Crippen molar-refractivity contribution < 1.29 is 4.74 Å². The zero-order valence-electron chi connectivity index (χ0n) is 18.9. The number of tetrazole rings is 1. The Morgan fingerprint density at radius 3 is 2.72 bits per heavy atom. The molecule has 2 aromatic heterocycles. The highest BCUT2D eigenvalue weighted by Gasteiger charge is 2.22. The summed E-state index contributed by atoms with van der Waals surface area (Å²) in [6.07, 6.45) is 5.15. The molecule has 0 N–H and O–H groups in total. The molecular weight excluding hydrogens is 408 g/mol. The van der Waals surface area contributed by atoms with Crippen LogP contribution in [0.3, 0.4) is 0 Å². The van der Waals surface area contributed by atoms with Crippen LogP contribution in [0.1, 0.15) is 49.9 Å². The van der Waals surface area contributed by atoms with Crippen LogP contribution >= 0.6 is 0 Å². The second-order valence-corrected chi connectivity index (χ2v) is 8.06. The molecule has 4 rings (SSSR count). The Bertz CT molecular complexity index is 1210. The van der Waals surface area contributed by atoms with Crippen molar-refractivity contribution in [3.05, 3.63) is 57.8 Å². The fraction of sp³-hybridized carbons (Fsp3) is 0.455. The van der Waals surface area contributed by atoms with Crippen LogP contribution in [0.2, 0.25) is 0 Å². The summed E-state index contributed by atoms with van der Waals surface area (Å²) in [4.78, 5) is 12.3. The molecular formula is C22H28N8O2. The normalized spacial score (nSPS) is 14.8. The van der Waals surface area contributed by atoms with Gasteiger partial charge in [0.05, 0.1) is 11.4 Å². The monoisotopic (exact) mass is 436 g/mol. The number of benzene rings is 1. The second kappa shape index (κ2) is 9.29. The molecule has 0 radical (unpaired) electrons. The van der Waals surface area contributed by atoms with Gasteiger partial charge < -0.3 is 4.74 Å². The van der Waals surface area contributed by atoms with Gasteiger partial charge in [0.15, 0.2) is 0 Å². The zero-order chi connectivity index (χ0) is 22.7. The van der Waals surface area contributed by atoms with Gasteiger partial charge in [0.1, 0.15) is 12.3 Å². The number of aromatic nitrogens is 6. The number of aryl methyl sites for hydroxylation is 2. The van der Waals surface area contributed by atoms with Gasteiger partial charge in [-0.1, -0.05) is 19.1 Å². The van der Waals surface area contributed by atoms with Crippen molar-refractivity contribution in [3.63, 3.8) is 0 Å². The average molecular weight is 437 g/mol. The van der Waals surface area contributed by atoms with Crippen molar-refractivity contribution >= 4 is 11.6 Å². The molecule has 1 saturated carbocycles. The minimum atomic E-state index is -0.317. The van der Waals surface area contributed by atoms with Crippen molar-refractivity contribution in [2.75, 3.05) is 0 Å².